The number of para-hydroxylation sites is 3. The quantitative estimate of drug-likeness (QED) is 0.148. The van der Waals surface area contributed by atoms with Crippen molar-refractivity contribution < 1.29 is 0 Å². The molecule has 10 nitrogen and oxygen atoms in total. The zero-order valence-corrected chi connectivity index (χ0v) is 77.1. The van der Waals surface area contributed by atoms with E-state index in [4.69, 9.17) is 0 Å². The number of hydrogen-bond donors (Lipinski definition) is 0. The molecule has 116 heavy (non-hydrogen) atoms. The van der Waals surface area contributed by atoms with Crippen molar-refractivity contribution in [2.24, 2.45) is 48.5 Å². The zero-order chi connectivity index (χ0) is 82.0. The Morgan fingerprint density at radius 2 is 0.802 bits per heavy atom. The van der Waals surface area contributed by atoms with Crippen LogP contribution in [-0.4, -0.2) is 188 Å². The smallest absolute Gasteiger partial charge is 0.0479 e. The highest BCUT2D eigenvalue weighted by Gasteiger charge is 2.41. The van der Waals surface area contributed by atoms with Gasteiger partial charge in [0.1, 0.15) is 0 Å². The van der Waals surface area contributed by atoms with Crippen molar-refractivity contribution in [1.29, 1.82) is 0 Å². The molecule has 0 amide bonds. The Kier molecular flexibility index (Phi) is 36.3. The van der Waals surface area contributed by atoms with E-state index in [1.807, 2.05) is 0 Å². The van der Waals surface area contributed by atoms with E-state index in [1.54, 1.807) is 0 Å². The van der Waals surface area contributed by atoms with Crippen molar-refractivity contribution >= 4 is 22.3 Å². The van der Waals surface area contributed by atoms with Gasteiger partial charge in [0, 0.05) is 136 Å². The summed E-state index contributed by atoms with van der Waals surface area (Å²) in [4.78, 5) is 22.4. The van der Waals surface area contributed by atoms with Crippen LogP contribution in [0, 0.1) is 48.3 Å². The van der Waals surface area contributed by atoms with Gasteiger partial charge in [-0.3, -0.25) is 9.80 Å². The average molecular weight is 1590 g/mol. The predicted molar refractivity (Wildman–Crippen MR) is 504 cm³/mol. The van der Waals surface area contributed by atoms with Crippen LogP contribution in [0.4, 0.5) is 11.4 Å². The number of hydrogen-bond acceptors (Lipinski definition) is 9. The number of piperidine rings is 3. The van der Waals surface area contributed by atoms with Crippen LogP contribution in [-0.2, 0) is 39.3 Å². The Balaban J connectivity index is 0.000000136. The van der Waals surface area contributed by atoms with Gasteiger partial charge in [0.15, 0.2) is 0 Å². The number of likely N-dealkylation sites (N-methyl/N-ethyl adjacent to an activating group) is 3. The molecule has 20 rings (SSSR count). The second-order valence-electron chi connectivity index (χ2n) is 39.8. The van der Waals surface area contributed by atoms with Crippen LogP contribution in [0.15, 0.2) is 127 Å². The molecule has 0 bridgehead atoms. The van der Waals surface area contributed by atoms with Crippen LogP contribution < -0.4 is 9.80 Å². The molecule has 5 saturated heterocycles. The average Bonchev–Trinajstić information content (AvgIpc) is 1.48. The van der Waals surface area contributed by atoms with E-state index in [0.29, 0.717) is 24.2 Å². The molecule has 5 aromatic carbocycles. The summed E-state index contributed by atoms with van der Waals surface area (Å²) in [6.45, 7) is 28.2. The standard InChI is InChI=1S/C11H21N.C11H15N.C11H21N.C11H15N.C11H21N.C11H15N.C10H19N.C10H13N.C10H11N.C9H17N.CH4/c2*1-9-7-10-5-3-4-6-11(10)8-12(9)2;2*1-9-11-6-4-3-5-10(11)7-8-12(9)2;2*1-9-7-8-10-5-3-4-6-11(10)12(9)2;3*1-8-7-9-5-3-4-6-10(9)11(8)2;1-7-6-8-4-3-5-9(8)10(7)2;/h9-11H,3-8H2,1-2H3;3-6,9H,7-8H2,1-2H3;9-11H,3-8H2,1-2H3;3-6,9H,7-8H2,1-2H3;9-11H,3-8H2,1-2H3;3-6,9H,7-8H2,1-2H3;8-10H,3-7H2,1-2H3;3-6,8H,7H2,1-2H3;3-7H,1-2H3;7-9H,3-6H2,1-2H3;1H4. The molecule has 10 heterocycles. The van der Waals surface area contributed by atoms with Crippen molar-refractivity contribution in [1.82, 2.24) is 38.9 Å². The summed E-state index contributed by atoms with van der Waals surface area (Å²) >= 11 is 0. The van der Waals surface area contributed by atoms with E-state index in [2.05, 4.69) is 316 Å². The molecule has 5 aliphatic carbocycles. The van der Waals surface area contributed by atoms with Crippen molar-refractivity contribution in [2.45, 2.75) is 348 Å². The Morgan fingerprint density at radius 1 is 0.319 bits per heavy atom. The highest BCUT2D eigenvalue weighted by atomic mass is 15.2. The SMILES string of the molecule is C.CC1C2CCCCC2CCN1C.CC1CC2CCCC2N1C.CC1CC2CCCCC2CN1C.CC1CC2CCCCC2N1C.CC1CCC2CCCCC2N1C.CC1CCc2ccccc2N1C.CC1Cc2ccccc2CN1C.CC1Cc2ccccc2N1C.CC1c2ccccc2CCN1C.Cc1cc2ccccc2n1C. The summed E-state index contributed by atoms with van der Waals surface area (Å²) in [5.74, 6) is 7.36. The number of aromatic nitrogens is 1. The molecule has 646 valence electrons. The monoisotopic (exact) mass is 1590 g/mol. The van der Waals surface area contributed by atoms with E-state index in [1.165, 1.54) is 274 Å². The number of fused-ring (bicyclic) bond motifs is 10. The normalized spacial score (nSPS) is 32.4. The third-order valence-electron chi connectivity index (χ3n) is 32.7. The van der Waals surface area contributed by atoms with Gasteiger partial charge >= 0.3 is 0 Å². The molecular formula is C106H172N10. The van der Waals surface area contributed by atoms with Crippen LogP contribution in [0.25, 0.3) is 10.9 Å². The fraction of sp³-hybridized carbons (Fsp3) is 0.698. The third kappa shape index (κ3) is 24.4. The number of likely N-dealkylation sites (tertiary alicyclic amines) is 5. The summed E-state index contributed by atoms with van der Waals surface area (Å²) in [5, 5.41) is 1.33. The maximum Gasteiger partial charge on any atom is 0.0479 e. The molecular weight excluding hydrogens is 1410 g/mol. The lowest BCUT2D eigenvalue weighted by molar-refractivity contribution is 0.0447. The lowest BCUT2D eigenvalue weighted by Gasteiger charge is -2.45. The molecule has 1 aromatic heterocycles. The van der Waals surface area contributed by atoms with E-state index in [9.17, 15) is 0 Å². The molecule has 9 aliphatic heterocycles. The second kappa shape index (κ2) is 45.2. The third-order valence-corrected chi connectivity index (χ3v) is 32.7. The maximum atomic E-state index is 2.63. The van der Waals surface area contributed by atoms with Crippen LogP contribution >= 0.6 is 0 Å². The maximum absolute atomic E-state index is 2.63. The fourth-order valence-electron chi connectivity index (χ4n) is 23.6. The Bertz CT molecular complexity index is 3670. The predicted octanol–water partition coefficient (Wildman–Crippen LogP) is 23.8. The largest absolute Gasteiger partial charge is 0.372 e. The fourth-order valence-corrected chi connectivity index (χ4v) is 23.6. The van der Waals surface area contributed by atoms with Crippen molar-refractivity contribution in [2.75, 3.05) is 92.9 Å². The first-order valence-electron chi connectivity index (χ1n) is 47.6. The van der Waals surface area contributed by atoms with E-state index in [-0.39, 0.29) is 7.43 Å². The summed E-state index contributed by atoms with van der Waals surface area (Å²) in [7, 11) is 22.3. The number of benzene rings is 5. The minimum Gasteiger partial charge on any atom is -0.372 e. The molecule has 19 unspecified atom stereocenters. The molecule has 0 N–H and O–H groups in total. The van der Waals surface area contributed by atoms with E-state index in [0.717, 1.165) is 96.3 Å². The first kappa shape index (κ1) is 93.2. The molecule has 14 aliphatic rings. The second-order valence-corrected chi connectivity index (χ2v) is 39.8. The van der Waals surface area contributed by atoms with Crippen molar-refractivity contribution in [3.05, 3.63) is 166 Å². The Morgan fingerprint density at radius 3 is 1.45 bits per heavy atom. The molecule has 19 atom stereocenters. The van der Waals surface area contributed by atoms with Gasteiger partial charge < -0.3 is 38.9 Å². The first-order chi connectivity index (χ1) is 55.3. The molecule has 0 spiro atoms. The summed E-state index contributed by atoms with van der Waals surface area (Å²) in [6, 6.07) is 55.2. The van der Waals surface area contributed by atoms with Crippen LogP contribution in [0.1, 0.15) is 282 Å². The van der Waals surface area contributed by atoms with Gasteiger partial charge in [-0.05, 0) is 352 Å². The van der Waals surface area contributed by atoms with Crippen molar-refractivity contribution in [3.8, 4) is 0 Å². The summed E-state index contributed by atoms with van der Waals surface area (Å²) in [5.41, 5.74) is 14.5. The highest BCUT2D eigenvalue weighted by molar-refractivity contribution is 5.81. The minimum atomic E-state index is 0. The zero-order valence-electron chi connectivity index (χ0n) is 77.1. The number of anilines is 2. The van der Waals surface area contributed by atoms with Gasteiger partial charge in [-0.25, -0.2) is 0 Å². The first-order valence-corrected chi connectivity index (χ1v) is 47.6. The summed E-state index contributed by atoms with van der Waals surface area (Å²) < 4.78 is 2.20. The minimum absolute atomic E-state index is 0. The van der Waals surface area contributed by atoms with Gasteiger partial charge in [-0.2, -0.15) is 0 Å². The number of rotatable bonds is 0. The van der Waals surface area contributed by atoms with E-state index >= 15 is 0 Å². The Hall–Kier alpha value is -5.04. The number of nitrogens with zero attached hydrogens (tertiary/aromatic N) is 10. The summed E-state index contributed by atoms with van der Waals surface area (Å²) in [6.07, 6.45) is 43.2. The molecule has 5 saturated carbocycles. The topological polar surface area (TPSA) is 34.1 Å². The van der Waals surface area contributed by atoms with Gasteiger partial charge in [-0.15, -0.1) is 0 Å². The molecule has 0 radical (unpaired) electrons. The molecule has 10 fully saturated rings. The lowest BCUT2D eigenvalue weighted by atomic mass is 9.71. The van der Waals surface area contributed by atoms with E-state index < -0.39 is 0 Å². The van der Waals surface area contributed by atoms with Crippen molar-refractivity contribution in [3.63, 3.8) is 0 Å². The Labute approximate surface area is 713 Å². The van der Waals surface area contributed by atoms with Gasteiger partial charge in [-0.1, -0.05) is 181 Å². The van der Waals surface area contributed by atoms with Crippen LogP contribution in [0.5, 0.6) is 0 Å². The molecule has 10 heteroatoms. The van der Waals surface area contributed by atoms with Crippen LogP contribution in [0.3, 0.4) is 0 Å². The molecule has 6 aromatic rings. The van der Waals surface area contributed by atoms with Gasteiger partial charge in [0.25, 0.3) is 0 Å². The van der Waals surface area contributed by atoms with Gasteiger partial charge in [0.2, 0.25) is 0 Å². The van der Waals surface area contributed by atoms with Crippen LogP contribution in [0.2, 0.25) is 0 Å². The van der Waals surface area contributed by atoms with Gasteiger partial charge in [0.05, 0.1) is 0 Å². The lowest BCUT2D eigenvalue weighted by Crippen LogP contribution is -2.48. The highest BCUT2D eigenvalue weighted by Crippen LogP contribution is 2.44. The number of aryl methyl sites for hydroxylation is 3.